The first kappa shape index (κ1) is 15.1. The van der Waals surface area contributed by atoms with Gasteiger partial charge in [-0.2, -0.15) is 13.2 Å². The Morgan fingerprint density at radius 1 is 1.30 bits per heavy atom. The molecule has 0 aliphatic heterocycles. The second kappa shape index (κ2) is 5.99. The molecule has 0 heterocycles. The molecular weight excluding hydrogens is 272 g/mol. The summed E-state index contributed by atoms with van der Waals surface area (Å²) in [6, 6.07) is 4.36. The molecule has 1 aliphatic rings. The summed E-state index contributed by atoms with van der Waals surface area (Å²) in [5.41, 5.74) is 1.02. The van der Waals surface area contributed by atoms with Crippen molar-refractivity contribution >= 4 is 5.69 Å². The van der Waals surface area contributed by atoms with Gasteiger partial charge in [0.2, 0.25) is 0 Å². The largest absolute Gasteiger partial charge is 0.405 e. The third-order valence-corrected chi connectivity index (χ3v) is 3.29. The molecule has 1 N–H and O–H groups in total. The van der Waals surface area contributed by atoms with Crippen molar-refractivity contribution in [1.82, 2.24) is 5.32 Å². The summed E-state index contributed by atoms with van der Waals surface area (Å²) in [7, 11) is 0. The minimum absolute atomic E-state index is 0.224. The molecule has 20 heavy (non-hydrogen) atoms. The lowest BCUT2D eigenvalue weighted by molar-refractivity contribution is -0.119. The van der Waals surface area contributed by atoms with Crippen molar-refractivity contribution in [2.45, 2.75) is 38.5 Å². The second-order valence-electron chi connectivity index (χ2n) is 5.06. The summed E-state index contributed by atoms with van der Waals surface area (Å²) in [6.07, 6.45) is -2.12. The second-order valence-corrected chi connectivity index (χ2v) is 5.06. The number of anilines is 1. The molecule has 0 spiro atoms. The minimum Gasteiger partial charge on any atom is -0.363 e. The van der Waals surface area contributed by atoms with Gasteiger partial charge in [0.15, 0.2) is 0 Å². The van der Waals surface area contributed by atoms with E-state index in [0.29, 0.717) is 23.8 Å². The number of rotatable bonds is 6. The van der Waals surface area contributed by atoms with Crippen LogP contribution < -0.4 is 10.2 Å². The average molecular weight is 290 g/mol. The highest BCUT2D eigenvalue weighted by molar-refractivity contribution is 5.54. The van der Waals surface area contributed by atoms with Gasteiger partial charge in [-0.05, 0) is 43.5 Å². The molecule has 0 unspecified atom stereocenters. The van der Waals surface area contributed by atoms with E-state index in [-0.39, 0.29) is 6.54 Å². The summed E-state index contributed by atoms with van der Waals surface area (Å²) >= 11 is 0. The Labute approximate surface area is 115 Å². The fourth-order valence-electron chi connectivity index (χ4n) is 2.13. The van der Waals surface area contributed by atoms with Crippen molar-refractivity contribution in [3.8, 4) is 0 Å². The van der Waals surface area contributed by atoms with Crippen LogP contribution in [0, 0.1) is 5.82 Å². The number of benzene rings is 1. The lowest BCUT2D eigenvalue weighted by Gasteiger charge is -2.27. The van der Waals surface area contributed by atoms with Crippen LogP contribution in [0.5, 0.6) is 0 Å². The van der Waals surface area contributed by atoms with Crippen molar-refractivity contribution in [1.29, 1.82) is 0 Å². The molecule has 1 fully saturated rings. The van der Waals surface area contributed by atoms with E-state index in [4.69, 9.17) is 0 Å². The maximum Gasteiger partial charge on any atom is 0.405 e. The van der Waals surface area contributed by atoms with Gasteiger partial charge in [-0.3, -0.25) is 0 Å². The first-order chi connectivity index (χ1) is 9.39. The number of hydrogen-bond donors (Lipinski definition) is 1. The predicted octanol–water partition coefficient (Wildman–Crippen LogP) is 3.47. The molecule has 1 saturated carbocycles. The molecule has 0 aromatic heterocycles. The van der Waals surface area contributed by atoms with Crippen LogP contribution >= 0.6 is 0 Å². The minimum atomic E-state index is -4.27. The third-order valence-electron chi connectivity index (χ3n) is 3.29. The van der Waals surface area contributed by atoms with Crippen molar-refractivity contribution in [3.05, 3.63) is 29.6 Å². The van der Waals surface area contributed by atoms with Crippen LogP contribution in [-0.4, -0.2) is 25.3 Å². The molecule has 0 amide bonds. The molecule has 0 saturated heterocycles. The summed E-state index contributed by atoms with van der Waals surface area (Å²) < 4.78 is 51.1. The first-order valence-corrected chi connectivity index (χ1v) is 6.72. The molecule has 1 aromatic carbocycles. The summed E-state index contributed by atoms with van der Waals surface area (Å²) in [5.74, 6) is -0.426. The van der Waals surface area contributed by atoms with Gasteiger partial charge >= 0.3 is 6.18 Å². The molecule has 1 aliphatic carbocycles. The average Bonchev–Trinajstić information content (AvgIpc) is 3.17. The molecule has 0 bridgehead atoms. The molecule has 0 radical (unpaired) electrons. The highest BCUT2D eigenvalue weighted by Gasteiger charge is 2.31. The Balaban J connectivity index is 2.17. The first-order valence-electron chi connectivity index (χ1n) is 6.72. The Bertz CT molecular complexity index is 455. The van der Waals surface area contributed by atoms with E-state index in [1.165, 1.54) is 23.1 Å². The SMILES string of the molecule is CCN(CC(F)(F)F)c1ccc(F)cc1CNC1CC1. The Kier molecular flexibility index (Phi) is 4.52. The van der Waals surface area contributed by atoms with Gasteiger partial charge in [-0.1, -0.05) is 0 Å². The highest BCUT2D eigenvalue weighted by Crippen LogP contribution is 2.27. The molecule has 0 atom stereocenters. The number of nitrogens with zero attached hydrogens (tertiary/aromatic N) is 1. The van der Waals surface area contributed by atoms with Gasteiger partial charge in [-0.25, -0.2) is 4.39 Å². The van der Waals surface area contributed by atoms with Crippen molar-refractivity contribution in [2.75, 3.05) is 18.0 Å². The summed E-state index contributed by atoms with van der Waals surface area (Å²) in [6.45, 7) is 1.26. The van der Waals surface area contributed by atoms with Gasteiger partial charge in [0.05, 0.1) is 0 Å². The van der Waals surface area contributed by atoms with Crippen molar-refractivity contribution < 1.29 is 17.6 Å². The normalized spacial score (nSPS) is 15.4. The lowest BCUT2D eigenvalue weighted by Crippen LogP contribution is -2.35. The van der Waals surface area contributed by atoms with Crippen LogP contribution in [0.3, 0.4) is 0 Å². The van der Waals surface area contributed by atoms with Gasteiger partial charge in [0, 0.05) is 24.8 Å². The molecule has 2 rings (SSSR count). The van der Waals surface area contributed by atoms with E-state index >= 15 is 0 Å². The van der Waals surface area contributed by atoms with Gasteiger partial charge in [-0.15, -0.1) is 0 Å². The van der Waals surface area contributed by atoms with Crippen molar-refractivity contribution in [2.24, 2.45) is 0 Å². The Hall–Kier alpha value is -1.30. The lowest BCUT2D eigenvalue weighted by atomic mass is 10.1. The van der Waals surface area contributed by atoms with Crippen LogP contribution in [0.4, 0.5) is 23.2 Å². The quantitative estimate of drug-likeness (QED) is 0.807. The smallest absolute Gasteiger partial charge is 0.363 e. The van der Waals surface area contributed by atoms with Crippen LogP contribution in [0.1, 0.15) is 25.3 Å². The number of hydrogen-bond acceptors (Lipinski definition) is 2. The Morgan fingerprint density at radius 3 is 2.55 bits per heavy atom. The molecule has 112 valence electrons. The van der Waals surface area contributed by atoms with Crippen LogP contribution in [0.15, 0.2) is 18.2 Å². The van der Waals surface area contributed by atoms with Gasteiger partial charge < -0.3 is 10.2 Å². The van der Waals surface area contributed by atoms with Crippen LogP contribution in [0.2, 0.25) is 0 Å². The molecule has 6 heteroatoms. The molecule has 2 nitrogen and oxygen atoms in total. The molecule has 1 aromatic rings. The fourth-order valence-corrected chi connectivity index (χ4v) is 2.13. The monoisotopic (exact) mass is 290 g/mol. The number of halogens is 4. The van der Waals surface area contributed by atoms with Crippen molar-refractivity contribution in [3.63, 3.8) is 0 Å². The topological polar surface area (TPSA) is 15.3 Å². The molecular formula is C14H18F4N2. The van der Waals surface area contributed by atoms with E-state index in [2.05, 4.69) is 5.32 Å². The van der Waals surface area contributed by atoms with Crippen LogP contribution in [-0.2, 0) is 6.54 Å². The van der Waals surface area contributed by atoms with E-state index in [1.807, 2.05) is 0 Å². The van der Waals surface area contributed by atoms with E-state index in [0.717, 1.165) is 12.8 Å². The highest BCUT2D eigenvalue weighted by atomic mass is 19.4. The maximum absolute atomic E-state index is 13.3. The summed E-state index contributed by atoms with van der Waals surface area (Å²) in [5, 5.41) is 3.21. The maximum atomic E-state index is 13.3. The fraction of sp³-hybridized carbons (Fsp3) is 0.571. The Morgan fingerprint density at radius 2 is 2.00 bits per heavy atom. The number of alkyl halides is 3. The van der Waals surface area contributed by atoms with E-state index in [1.54, 1.807) is 6.92 Å². The zero-order valence-corrected chi connectivity index (χ0v) is 11.3. The standard InChI is InChI=1S/C14H18F4N2/c1-2-20(9-14(16,17)18)13-6-3-11(15)7-10(13)8-19-12-4-5-12/h3,6-7,12,19H,2,4-5,8-9H2,1H3. The van der Waals surface area contributed by atoms with Gasteiger partial charge in [0.25, 0.3) is 0 Å². The summed E-state index contributed by atoms with van der Waals surface area (Å²) in [4.78, 5) is 1.23. The zero-order valence-electron chi connectivity index (χ0n) is 11.3. The van der Waals surface area contributed by atoms with Crippen LogP contribution in [0.25, 0.3) is 0 Å². The predicted molar refractivity (Wildman–Crippen MR) is 70.2 cm³/mol. The van der Waals surface area contributed by atoms with E-state index < -0.39 is 18.5 Å². The van der Waals surface area contributed by atoms with E-state index in [9.17, 15) is 17.6 Å². The van der Waals surface area contributed by atoms with Gasteiger partial charge in [0.1, 0.15) is 12.4 Å². The zero-order chi connectivity index (χ0) is 14.8. The number of nitrogens with one attached hydrogen (secondary N) is 1. The third kappa shape index (κ3) is 4.37.